The molecule has 1 amide bonds. The lowest BCUT2D eigenvalue weighted by Crippen LogP contribution is -2.33. The molecule has 5 nitrogen and oxygen atoms in total. The summed E-state index contributed by atoms with van der Waals surface area (Å²) < 4.78 is 7.62. The molecule has 2 unspecified atom stereocenters. The smallest absolute Gasteiger partial charge is 0.243 e. The number of nitrogens with one attached hydrogen (secondary N) is 1. The van der Waals surface area contributed by atoms with Gasteiger partial charge in [0, 0.05) is 16.6 Å². The van der Waals surface area contributed by atoms with Crippen molar-refractivity contribution in [3.8, 4) is 17.5 Å². The standard InChI is InChI=1S/C20H14ClN3O2S2/c1-26-14-8-6-13(7-9-14)24-18-17(28-20(24)27)16(15(10-22)19(25)23-18)11-2-4-12(21)5-3-11/h2-9,15-16H,1H3,(H,23,25). The number of fused-ring (bicyclic) bond motifs is 1. The summed E-state index contributed by atoms with van der Waals surface area (Å²) in [7, 11) is 1.60. The highest BCUT2D eigenvalue weighted by atomic mass is 35.5. The van der Waals surface area contributed by atoms with Crippen LogP contribution in [0.1, 0.15) is 16.4 Å². The van der Waals surface area contributed by atoms with E-state index < -0.39 is 11.8 Å². The van der Waals surface area contributed by atoms with Crippen LogP contribution in [0.4, 0.5) is 5.82 Å². The molecule has 1 aromatic heterocycles. The highest BCUT2D eigenvalue weighted by Crippen LogP contribution is 2.45. The Bertz CT molecular complexity index is 1140. The third kappa shape index (κ3) is 3.10. The average Bonchev–Trinajstić information content (AvgIpc) is 3.03. The van der Waals surface area contributed by atoms with Gasteiger partial charge in [-0.1, -0.05) is 23.7 Å². The van der Waals surface area contributed by atoms with E-state index in [1.807, 2.05) is 41.0 Å². The fraction of sp³-hybridized carbons (Fsp3) is 0.150. The molecule has 0 spiro atoms. The Morgan fingerprint density at radius 2 is 1.89 bits per heavy atom. The van der Waals surface area contributed by atoms with Crippen molar-refractivity contribution in [2.24, 2.45) is 5.92 Å². The Kier molecular flexibility index (Phi) is 4.94. The Balaban J connectivity index is 1.90. The van der Waals surface area contributed by atoms with Crippen LogP contribution in [0.5, 0.6) is 5.75 Å². The summed E-state index contributed by atoms with van der Waals surface area (Å²) in [6, 6.07) is 16.8. The van der Waals surface area contributed by atoms with Crippen molar-refractivity contribution in [3.63, 3.8) is 0 Å². The summed E-state index contributed by atoms with van der Waals surface area (Å²) in [4.78, 5) is 13.6. The molecular formula is C20H14ClN3O2S2. The van der Waals surface area contributed by atoms with Crippen molar-refractivity contribution in [1.82, 2.24) is 4.57 Å². The molecule has 28 heavy (non-hydrogen) atoms. The van der Waals surface area contributed by atoms with Crippen LogP contribution in [0.25, 0.3) is 5.69 Å². The molecule has 0 saturated heterocycles. The first kappa shape index (κ1) is 18.7. The van der Waals surface area contributed by atoms with Crippen molar-refractivity contribution >= 4 is 46.9 Å². The van der Waals surface area contributed by atoms with Gasteiger partial charge >= 0.3 is 0 Å². The Morgan fingerprint density at radius 1 is 1.21 bits per heavy atom. The average molecular weight is 428 g/mol. The fourth-order valence-electron chi connectivity index (χ4n) is 3.33. The molecule has 0 fully saturated rings. The fourth-order valence-corrected chi connectivity index (χ4v) is 5.03. The number of nitrogens with zero attached hydrogens (tertiary/aromatic N) is 2. The van der Waals surface area contributed by atoms with Gasteiger partial charge in [-0.05, 0) is 54.2 Å². The molecule has 0 aliphatic carbocycles. The molecule has 3 aromatic rings. The number of hydrogen-bond donors (Lipinski definition) is 1. The lowest BCUT2D eigenvalue weighted by atomic mass is 9.83. The van der Waals surface area contributed by atoms with Gasteiger partial charge < -0.3 is 10.1 Å². The Labute approximate surface area is 175 Å². The van der Waals surface area contributed by atoms with E-state index in [1.54, 1.807) is 19.2 Å². The second kappa shape index (κ2) is 7.40. The molecule has 2 aromatic carbocycles. The number of nitriles is 1. The Morgan fingerprint density at radius 3 is 2.50 bits per heavy atom. The zero-order valence-corrected chi connectivity index (χ0v) is 17.1. The van der Waals surface area contributed by atoms with E-state index in [9.17, 15) is 10.1 Å². The quantitative estimate of drug-likeness (QED) is 0.586. The topological polar surface area (TPSA) is 67.0 Å². The van der Waals surface area contributed by atoms with Crippen LogP contribution in [0.15, 0.2) is 48.5 Å². The summed E-state index contributed by atoms with van der Waals surface area (Å²) in [5.74, 6) is -0.253. The minimum Gasteiger partial charge on any atom is -0.497 e. The number of carbonyl (C=O) groups excluding carboxylic acids is 1. The van der Waals surface area contributed by atoms with Crippen LogP contribution in [0.2, 0.25) is 5.02 Å². The third-order valence-electron chi connectivity index (χ3n) is 4.68. The van der Waals surface area contributed by atoms with E-state index in [2.05, 4.69) is 11.4 Å². The molecule has 4 rings (SSSR count). The molecule has 1 N–H and O–H groups in total. The number of amides is 1. The summed E-state index contributed by atoms with van der Waals surface area (Å²) in [6.07, 6.45) is 0. The minimum atomic E-state index is -0.842. The van der Waals surface area contributed by atoms with Crippen LogP contribution in [0, 0.1) is 21.2 Å². The zero-order chi connectivity index (χ0) is 19.8. The molecule has 1 aliphatic rings. The number of carbonyl (C=O) groups is 1. The highest BCUT2D eigenvalue weighted by molar-refractivity contribution is 7.73. The van der Waals surface area contributed by atoms with Gasteiger partial charge in [-0.15, -0.1) is 11.3 Å². The first-order valence-electron chi connectivity index (χ1n) is 8.39. The maximum absolute atomic E-state index is 12.7. The van der Waals surface area contributed by atoms with E-state index >= 15 is 0 Å². The lowest BCUT2D eigenvalue weighted by Gasteiger charge is -2.27. The number of hydrogen-bond acceptors (Lipinski definition) is 5. The Hall–Kier alpha value is -2.66. The summed E-state index contributed by atoms with van der Waals surface area (Å²) in [6.45, 7) is 0. The number of anilines is 1. The molecule has 1 aliphatic heterocycles. The predicted octanol–water partition coefficient (Wildman–Crippen LogP) is 5.15. The second-order valence-electron chi connectivity index (χ2n) is 6.24. The molecule has 0 bridgehead atoms. The van der Waals surface area contributed by atoms with Gasteiger partial charge in [0.05, 0.1) is 18.1 Å². The molecule has 0 radical (unpaired) electrons. The van der Waals surface area contributed by atoms with E-state index in [1.165, 1.54) is 11.3 Å². The number of rotatable bonds is 3. The monoisotopic (exact) mass is 427 g/mol. The third-order valence-corrected chi connectivity index (χ3v) is 6.38. The van der Waals surface area contributed by atoms with Crippen LogP contribution in [0.3, 0.4) is 0 Å². The van der Waals surface area contributed by atoms with Crippen molar-refractivity contribution < 1.29 is 9.53 Å². The molecule has 2 heterocycles. The SMILES string of the molecule is COc1ccc(-n2c3c(sc2=S)C(c2ccc(Cl)cc2)C(C#N)C(=O)N3)cc1. The first-order valence-corrected chi connectivity index (χ1v) is 10.00. The van der Waals surface area contributed by atoms with Crippen LogP contribution in [-0.4, -0.2) is 17.6 Å². The van der Waals surface area contributed by atoms with Crippen molar-refractivity contribution in [2.45, 2.75) is 5.92 Å². The van der Waals surface area contributed by atoms with Gasteiger partial charge in [0.15, 0.2) is 3.95 Å². The number of methoxy groups -OCH3 is 1. The van der Waals surface area contributed by atoms with Gasteiger partial charge in [-0.25, -0.2) is 0 Å². The first-order chi connectivity index (χ1) is 13.5. The molecule has 0 saturated carbocycles. The number of aromatic nitrogens is 1. The predicted molar refractivity (Wildman–Crippen MR) is 112 cm³/mol. The number of benzene rings is 2. The van der Waals surface area contributed by atoms with Gasteiger partial charge in [-0.2, -0.15) is 5.26 Å². The number of ether oxygens (including phenoxy) is 1. The van der Waals surface area contributed by atoms with Crippen LogP contribution < -0.4 is 10.1 Å². The van der Waals surface area contributed by atoms with Gasteiger partial charge in [0.2, 0.25) is 5.91 Å². The van der Waals surface area contributed by atoms with Gasteiger partial charge in [0.25, 0.3) is 0 Å². The van der Waals surface area contributed by atoms with E-state index in [4.69, 9.17) is 28.6 Å². The number of thiazole rings is 1. The summed E-state index contributed by atoms with van der Waals surface area (Å²) in [5, 5.41) is 13.1. The maximum Gasteiger partial charge on any atom is 0.243 e. The van der Waals surface area contributed by atoms with Crippen LogP contribution >= 0.6 is 35.2 Å². The largest absolute Gasteiger partial charge is 0.497 e. The van der Waals surface area contributed by atoms with E-state index in [-0.39, 0.29) is 5.91 Å². The molecule has 2 atom stereocenters. The molecule has 8 heteroatoms. The normalized spacial score (nSPS) is 18.1. The van der Waals surface area contributed by atoms with Crippen molar-refractivity contribution in [3.05, 3.63) is 67.9 Å². The maximum atomic E-state index is 12.7. The highest BCUT2D eigenvalue weighted by Gasteiger charge is 2.40. The molecule has 140 valence electrons. The van der Waals surface area contributed by atoms with Gasteiger partial charge in [-0.3, -0.25) is 9.36 Å². The van der Waals surface area contributed by atoms with Crippen molar-refractivity contribution in [1.29, 1.82) is 5.26 Å². The van der Waals surface area contributed by atoms with E-state index in [0.29, 0.717) is 14.8 Å². The van der Waals surface area contributed by atoms with Crippen LogP contribution in [-0.2, 0) is 4.79 Å². The molecular weight excluding hydrogens is 414 g/mol. The summed E-state index contributed by atoms with van der Waals surface area (Å²) >= 11 is 13.0. The zero-order valence-electron chi connectivity index (χ0n) is 14.7. The van der Waals surface area contributed by atoms with Gasteiger partial charge in [0.1, 0.15) is 17.5 Å². The lowest BCUT2D eigenvalue weighted by molar-refractivity contribution is -0.119. The summed E-state index contributed by atoms with van der Waals surface area (Å²) in [5.41, 5.74) is 1.67. The minimum absolute atomic E-state index is 0.343. The number of halogens is 1. The van der Waals surface area contributed by atoms with Crippen molar-refractivity contribution in [2.75, 3.05) is 12.4 Å². The van der Waals surface area contributed by atoms with E-state index in [0.717, 1.165) is 21.9 Å². The second-order valence-corrected chi connectivity index (χ2v) is 8.35.